The van der Waals surface area contributed by atoms with Crippen LogP contribution in [0.1, 0.15) is 24.0 Å². The summed E-state index contributed by atoms with van der Waals surface area (Å²) in [5, 5.41) is 9.14. The minimum atomic E-state index is 0.161. The van der Waals surface area contributed by atoms with Crippen molar-refractivity contribution in [3.63, 3.8) is 0 Å². The predicted molar refractivity (Wildman–Crippen MR) is 77.1 cm³/mol. The van der Waals surface area contributed by atoms with Crippen LogP contribution in [0.25, 0.3) is 11.1 Å². The van der Waals surface area contributed by atoms with Crippen LogP contribution in [0.3, 0.4) is 0 Å². The fourth-order valence-electron chi connectivity index (χ4n) is 2.08. The molecule has 0 amide bonds. The van der Waals surface area contributed by atoms with Gasteiger partial charge < -0.3 is 9.90 Å². The minimum absolute atomic E-state index is 0.161. The Morgan fingerprint density at radius 3 is 2.47 bits per heavy atom. The third-order valence-electron chi connectivity index (χ3n) is 3.33. The lowest BCUT2D eigenvalue weighted by Crippen LogP contribution is -1.98. The second-order valence-electron chi connectivity index (χ2n) is 4.78. The number of aliphatic hydroxyl groups excluding tert-OH is 1. The Morgan fingerprint density at radius 2 is 1.84 bits per heavy atom. The quantitative estimate of drug-likeness (QED) is 0.832. The first-order valence-electron chi connectivity index (χ1n) is 6.48. The van der Waals surface area contributed by atoms with Gasteiger partial charge in [0.25, 0.3) is 0 Å². The molecule has 0 heterocycles. The minimum Gasteiger partial charge on any atom is -0.396 e. The SMILES string of the molecule is CC(CO)c1ccc(-c2cccc(CC=O)c2)cc1. The van der Waals surface area contributed by atoms with Gasteiger partial charge in [-0.15, -0.1) is 0 Å². The van der Waals surface area contributed by atoms with Crippen LogP contribution in [0.15, 0.2) is 48.5 Å². The lowest BCUT2D eigenvalue weighted by atomic mass is 9.97. The molecule has 19 heavy (non-hydrogen) atoms. The largest absolute Gasteiger partial charge is 0.396 e. The highest BCUT2D eigenvalue weighted by Gasteiger charge is 2.04. The number of carbonyl (C=O) groups excluding carboxylic acids is 1. The van der Waals surface area contributed by atoms with Crippen molar-refractivity contribution < 1.29 is 9.90 Å². The summed E-state index contributed by atoms with van der Waals surface area (Å²) in [6, 6.07) is 16.2. The number of hydrogen-bond acceptors (Lipinski definition) is 2. The Bertz CT molecular complexity index is 543. The molecule has 0 aliphatic heterocycles. The van der Waals surface area contributed by atoms with Crippen LogP contribution < -0.4 is 0 Å². The van der Waals surface area contributed by atoms with Gasteiger partial charge in [-0.25, -0.2) is 0 Å². The van der Waals surface area contributed by atoms with Gasteiger partial charge in [0.1, 0.15) is 6.29 Å². The third-order valence-corrected chi connectivity index (χ3v) is 3.33. The molecule has 0 bridgehead atoms. The normalized spacial score (nSPS) is 12.1. The van der Waals surface area contributed by atoms with Gasteiger partial charge in [-0.05, 0) is 22.3 Å². The Morgan fingerprint density at radius 1 is 1.11 bits per heavy atom. The molecule has 1 N–H and O–H groups in total. The summed E-state index contributed by atoms with van der Waals surface area (Å²) in [6.45, 7) is 2.16. The highest BCUT2D eigenvalue weighted by Crippen LogP contribution is 2.23. The Hall–Kier alpha value is -1.93. The molecule has 1 atom stereocenters. The summed E-state index contributed by atoms with van der Waals surface area (Å²) in [6.07, 6.45) is 1.37. The third kappa shape index (κ3) is 3.30. The van der Waals surface area contributed by atoms with E-state index >= 15 is 0 Å². The maximum absolute atomic E-state index is 10.6. The number of hydrogen-bond donors (Lipinski definition) is 1. The zero-order valence-electron chi connectivity index (χ0n) is 11.0. The number of benzene rings is 2. The Kier molecular flexibility index (Phi) is 4.48. The van der Waals surface area contributed by atoms with Crippen molar-refractivity contribution >= 4 is 6.29 Å². The van der Waals surface area contributed by atoms with Crippen molar-refractivity contribution in [3.8, 4) is 11.1 Å². The number of rotatable bonds is 5. The summed E-state index contributed by atoms with van der Waals surface area (Å²) >= 11 is 0. The van der Waals surface area contributed by atoms with Crippen LogP contribution in [-0.2, 0) is 11.2 Å². The molecule has 0 aromatic heterocycles. The predicted octanol–water partition coefficient (Wildman–Crippen LogP) is 3.19. The fraction of sp³-hybridized carbons (Fsp3) is 0.235. The van der Waals surface area contributed by atoms with Crippen molar-refractivity contribution in [2.45, 2.75) is 19.3 Å². The van der Waals surface area contributed by atoms with Gasteiger partial charge in [-0.1, -0.05) is 55.5 Å². The monoisotopic (exact) mass is 254 g/mol. The molecule has 98 valence electrons. The van der Waals surface area contributed by atoms with E-state index in [2.05, 4.69) is 12.1 Å². The summed E-state index contributed by atoms with van der Waals surface area (Å²) in [5.74, 6) is 0.162. The lowest BCUT2D eigenvalue weighted by molar-refractivity contribution is -0.107. The van der Waals surface area contributed by atoms with E-state index in [9.17, 15) is 4.79 Å². The van der Waals surface area contributed by atoms with Gasteiger partial charge in [0.05, 0.1) is 0 Å². The van der Waals surface area contributed by atoms with Crippen LogP contribution in [0.5, 0.6) is 0 Å². The van der Waals surface area contributed by atoms with Crippen LogP contribution in [0.4, 0.5) is 0 Å². The van der Waals surface area contributed by atoms with Crippen LogP contribution in [-0.4, -0.2) is 18.0 Å². The van der Waals surface area contributed by atoms with E-state index in [4.69, 9.17) is 5.11 Å². The molecule has 0 radical (unpaired) electrons. The van der Waals surface area contributed by atoms with Gasteiger partial charge in [0, 0.05) is 18.9 Å². The van der Waals surface area contributed by atoms with Crippen LogP contribution in [0, 0.1) is 0 Å². The maximum Gasteiger partial charge on any atom is 0.124 e. The van der Waals surface area contributed by atoms with E-state index in [-0.39, 0.29) is 12.5 Å². The summed E-state index contributed by atoms with van der Waals surface area (Å²) in [5.41, 5.74) is 4.40. The van der Waals surface area contributed by atoms with E-state index in [1.165, 1.54) is 0 Å². The van der Waals surface area contributed by atoms with Gasteiger partial charge in [0.15, 0.2) is 0 Å². The Labute approximate surface area is 113 Å². The Balaban J connectivity index is 2.26. The lowest BCUT2D eigenvalue weighted by Gasteiger charge is -2.09. The average Bonchev–Trinajstić information content (AvgIpc) is 2.47. The van der Waals surface area contributed by atoms with Crippen LogP contribution >= 0.6 is 0 Å². The zero-order valence-corrected chi connectivity index (χ0v) is 11.0. The standard InChI is InChI=1S/C17H18O2/c1-13(12-19)15-5-7-16(8-6-15)17-4-2-3-14(11-17)9-10-18/h2-8,10-11,13,19H,9,12H2,1H3. The molecule has 0 aliphatic carbocycles. The highest BCUT2D eigenvalue weighted by molar-refractivity contribution is 5.66. The molecule has 2 rings (SSSR count). The summed E-state index contributed by atoms with van der Waals surface area (Å²) in [7, 11) is 0. The highest BCUT2D eigenvalue weighted by atomic mass is 16.3. The van der Waals surface area contributed by atoms with Gasteiger partial charge >= 0.3 is 0 Å². The molecule has 0 saturated carbocycles. The second-order valence-corrected chi connectivity index (χ2v) is 4.78. The first-order chi connectivity index (χ1) is 9.24. The van der Waals surface area contributed by atoms with E-state index in [1.807, 2.05) is 43.3 Å². The van der Waals surface area contributed by atoms with Gasteiger partial charge in [-0.2, -0.15) is 0 Å². The average molecular weight is 254 g/mol. The second kappa shape index (κ2) is 6.30. The molecule has 2 nitrogen and oxygen atoms in total. The van der Waals surface area contributed by atoms with Crippen molar-refractivity contribution in [2.24, 2.45) is 0 Å². The molecule has 0 spiro atoms. The summed E-state index contributed by atoms with van der Waals surface area (Å²) in [4.78, 5) is 10.6. The fourth-order valence-corrected chi connectivity index (χ4v) is 2.08. The first kappa shape index (κ1) is 13.5. The number of carbonyl (C=O) groups is 1. The van der Waals surface area contributed by atoms with E-state index in [0.29, 0.717) is 6.42 Å². The van der Waals surface area contributed by atoms with Crippen molar-refractivity contribution in [3.05, 3.63) is 59.7 Å². The molecule has 1 unspecified atom stereocenters. The molecule has 0 aliphatic rings. The van der Waals surface area contributed by atoms with E-state index in [0.717, 1.165) is 28.5 Å². The smallest absolute Gasteiger partial charge is 0.124 e. The number of aliphatic hydroxyl groups is 1. The van der Waals surface area contributed by atoms with Gasteiger partial charge in [0.2, 0.25) is 0 Å². The van der Waals surface area contributed by atoms with Gasteiger partial charge in [-0.3, -0.25) is 0 Å². The summed E-state index contributed by atoms with van der Waals surface area (Å²) < 4.78 is 0. The zero-order chi connectivity index (χ0) is 13.7. The molecule has 2 heteroatoms. The topological polar surface area (TPSA) is 37.3 Å². The molecule has 2 aromatic carbocycles. The molecule has 0 fully saturated rings. The van der Waals surface area contributed by atoms with Crippen LogP contribution in [0.2, 0.25) is 0 Å². The number of aldehydes is 1. The van der Waals surface area contributed by atoms with E-state index in [1.54, 1.807) is 0 Å². The van der Waals surface area contributed by atoms with Crippen molar-refractivity contribution in [1.82, 2.24) is 0 Å². The first-order valence-corrected chi connectivity index (χ1v) is 6.48. The molecule has 2 aromatic rings. The van der Waals surface area contributed by atoms with Crippen molar-refractivity contribution in [1.29, 1.82) is 0 Å². The van der Waals surface area contributed by atoms with Crippen molar-refractivity contribution in [2.75, 3.05) is 6.61 Å². The maximum atomic E-state index is 10.6. The molecule has 0 saturated heterocycles. The van der Waals surface area contributed by atoms with E-state index < -0.39 is 0 Å². The molecular weight excluding hydrogens is 236 g/mol. The molecular formula is C17H18O2.